The van der Waals surface area contributed by atoms with Crippen LogP contribution in [0.1, 0.15) is 49.9 Å². The molecule has 0 saturated carbocycles. The molecule has 0 spiro atoms. The van der Waals surface area contributed by atoms with Gasteiger partial charge in [-0.2, -0.15) is 0 Å². The van der Waals surface area contributed by atoms with E-state index >= 15 is 0 Å². The smallest absolute Gasteiger partial charge is 0.335 e. The summed E-state index contributed by atoms with van der Waals surface area (Å²) in [4.78, 5) is 13.2. The fourth-order valence-corrected chi connectivity index (χ4v) is 3.15. The van der Waals surface area contributed by atoms with Crippen LogP contribution in [0.15, 0.2) is 18.2 Å². The number of hydrogen-bond donors (Lipinski definition) is 2. The number of anilines is 2. The van der Waals surface area contributed by atoms with E-state index in [-0.39, 0.29) is 5.56 Å². The van der Waals surface area contributed by atoms with Gasteiger partial charge in [0.2, 0.25) is 0 Å². The van der Waals surface area contributed by atoms with Crippen LogP contribution in [0.3, 0.4) is 0 Å². The SMILES string of the molecule is CCC1(CC)CCN(c2ccc(C(=O)O)cc2N)CC1. The minimum absolute atomic E-state index is 0.250. The van der Waals surface area contributed by atoms with E-state index in [1.807, 2.05) is 6.07 Å². The lowest BCUT2D eigenvalue weighted by Crippen LogP contribution is -2.39. The highest BCUT2D eigenvalue weighted by atomic mass is 16.4. The van der Waals surface area contributed by atoms with Gasteiger partial charge in [0.15, 0.2) is 0 Å². The summed E-state index contributed by atoms with van der Waals surface area (Å²) in [6.45, 7) is 6.54. The Kier molecular flexibility index (Phi) is 4.21. The predicted molar refractivity (Wildman–Crippen MR) is 82.3 cm³/mol. The monoisotopic (exact) mass is 276 g/mol. The van der Waals surface area contributed by atoms with E-state index in [0.29, 0.717) is 11.1 Å². The Morgan fingerprint density at radius 2 is 1.90 bits per heavy atom. The molecule has 4 nitrogen and oxygen atoms in total. The minimum Gasteiger partial charge on any atom is -0.478 e. The first-order chi connectivity index (χ1) is 9.51. The standard InChI is InChI=1S/C16H24N2O2/c1-3-16(4-2)7-9-18(10-8-16)14-6-5-12(15(19)20)11-13(14)17/h5-6,11H,3-4,7-10,17H2,1-2H3,(H,19,20). The van der Waals surface area contributed by atoms with E-state index in [1.54, 1.807) is 12.1 Å². The van der Waals surface area contributed by atoms with Gasteiger partial charge < -0.3 is 15.7 Å². The molecule has 110 valence electrons. The number of hydrogen-bond acceptors (Lipinski definition) is 3. The molecular weight excluding hydrogens is 252 g/mol. The quantitative estimate of drug-likeness (QED) is 0.827. The number of rotatable bonds is 4. The summed E-state index contributed by atoms with van der Waals surface area (Å²) in [6.07, 6.45) is 4.82. The van der Waals surface area contributed by atoms with Crippen molar-refractivity contribution in [2.24, 2.45) is 5.41 Å². The molecule has 0 aromatic heterocycles. The van der Waals surface area contributed by atoms with Crippen molar-refractivity contribution in [1.82, 2.24) is 0 Å². The first kappa shape index (κ1) is 14.7. The first-order valence-corrected chi connectivity index (χ1v) is 7.39. The molecule has 1 aliphatic heterocycles. The number of nitrogen functional groups attached to an aromatic ring is 1. The molecule has 1 saturated heterocycles. The Bertz CT molecular complexity index is 485. The Hall–Kier alpha value is -1.71. The molecule has 1 aromatic rings. The highest BCUT2D eigenvalue weighted by Crippen LogP contribution is 2.40. The number of aromatic carboxylic acids is 1. The van der Waals surface area contributed by atoms with Gasteiger partial charge in [-0.05, 0) is 36.5 Å². The number of piperidine rings is 1. The van der Waals surface area contributed by atoms with Crippen molar-refractivity contribution in [1.29, 1.82) is 0 Å². The molecule has 1 aromatic carbocycles. The van der Waals surface area contributed by atoms with E-state index in [2.05, 4.69) is 18.7 Å². The molecule has 0 atom stereocenters. The van der Waals surface area contributed by atoms with Gasteiger partial charge in [0.25, 0.3) is 0 Å². The van der Waals surface area contributed by atoms with Crippen LogP contribution in [0.25, 0.3) is 0 Å². The molecule has 1 heterocycles. The fraction of sp³-hybridized carbons (Fsp3) is 0.562. The molecule has 0 bridgehead atoms. The molecule has 1 fully saturated rings. The molecule has 0 unspecified atom stereocenters. The maximum atomic E-state index is 10.9. The van der Waals surface area contributed by atoms with E-state index < -0.39 is 5.97 Å². The molecular formula is C16H24N2O2. The third kappa shape index (κ3) is 2.74. The van der Waals surface area contributed by atoms with Gasteiger partial charge in [0.1, 0.15) is 0 Å². The fourth-order valence-electron chi connectivity index (χ4n) is 3.15. The summed E-state index contributed by atoms with van der Waals surface area (Å²) in [7, 11) is 0. The third-order valence-corrected chi connectivity index (χ3v) is 4.94. The lowest BCUT2D eigenvalue weighted by molar-refractivity contribution is 0.0697. The van der Waals surface area contributed by atoms with Crippen molar-refractivity contribution >= 4 is 17.3 Å². The summed E-state index contributed by atoms with van der Waals surface area (Å²) in [5, 5.41) is 8.97. The van der Waals surface area contributed by atoms with Crippen LogP contribution in [-0.2, 0) is 0 Å². The molecule has 4 heteroatoms. The highest BCUT2D eigenvalue weighted by Gasteiger charge is 2.31. The minimum atomic E-state index is -0.933. The Morgan fingerprint density at radius 1 is 1.30 bits per heavy atom. The van der Waals surface area contributed by atoms with Crippen LogP contribution in [0, 0.1) is 5.41 Å². The summed E-state index contributed by atoms with van der Waals surface area (Å²) in [5.74, 6) is -0.933. The van der Waals surface area contributed by atoms with E-state index in [9.17, 15) is 4.79 Å². The second-order valence-corrected chi connectivity index (χ2v) is 5.77. The summed E-state index contributed by atoms with van der Waals surface area (Å²) < 4.78 is 0. The normalized spacial score (nSPS) is 18.0. The van der Waals surface area contributed by atoms with Gasteiger partial charge in [0.05, 0.1) is 16.9 Å². The van der Waals surface area contributed by atoms with Crippen molar-refractivity contribution in [2.75, 3.05) is 23.7 Å². The van der Waals surface area contributed by atoms with Gasteiger partial charge in [0, 0.05) is 13.1 Å². The van der Waals surface area contributed by atoms with E-state index in [4.69, 9.17) is 10.8 Å². The van der Waals surface area contributed by atoms with E-state index in [0.717, 1.165) is 18.8 Å². The van der Waals surface area contributed by atoms with E-state index in [1.165, 1.54) is 25.7 Å². The van der Waals surface area contributed by atoms with Crippen molar-refractivity contribution in [3.8, 4) is 0 Å². The van der Waals surface area contributed by atoms with Crippen LogP contribution in [0.4, 0.5) is 11.4 Å². The molecule has 1 aliphatic rings. The second kappa shape index (κ2) is 5.73. The lowest BCUT2D eigenvalue weighted by atomic mass is 9.74. The van der Waals surface area contributed by atoms with Gasteiger partial charge >= 0.3 is 5.97 Å². The third-order valence-electron chi connectivity index (χ3n) is 4.94. The van der Waals surface area contributed by atoms with Crippen LogP contribution in [-0.4, -0.2) is 24.2 Å². The molecule has 20 heavy (non-hydrogen) atoms. The van der Waals surface area contributed by atoms with Gasteiger partial charge in [-0.25, -0.2) is 4.79 Å². The molecule has 0 aliphatic carbocycles. The summed E-state index contributed by atoms with van der Waals surface area (Å²) in [5.41, 5.74) is 8.27. The van der Waals surface area contributed by atoms with Gasteiger partial charge in [-0.3, -0.25) is 0 Å². The first-order valence-electron chi connectivity index (χ1n) is 7.39. The zero-order valence-corrected chi connectivity index (χ0v) is 12.4. The maximum absolute atomic E-state index is 10.9. The van der Waals surface area contributed by atoms with Crippen molar-refractivity contribution in [3.63, 3.8) is 0 Å². The topological polar surface area (TPSA) is 66.6 Å². The maximum Gasteiger partial charge on any atom is 0.335 e. The zero-order valence-electron chi connectivity index (χ0n) is 12.4. The number of nitrogens with zero attached hydrogens (tertiary/aromatic N) is 1. The molecule has 3 N–H and O–H groups in total. The van der Waals surface area contributed by atoms with Crippen LogP contribution in [0.5, 0.6) is 0 Å². The molecule has 0 amide bonds. The van der Waals surface area contributed by atoms with Crippen LogP contribution >= 0.6 is 0 Å². The van der Waals surface area contributed by atoms with Crippen molar-refractivity contribution in [2.45, 2.75) is 39.5 Å². The Morgan fingerprint density at radius 3 is 2.35 bits per heavy atom. The number of benzene rings is 1. The summed E-state index contributed by atoms with van der Waals surface area (Å²) in [6, 6.07) is 5.03. The summed E-state index contributed by atoms with van der Waals surface area (Å²) >= 11 is 0. The van der Waals surface area contributed by atoms with Crippen molar-refractivity contribution in [3.05, 3.63) is 23.8 Å². The molecule has 2 rings (SSSR count). The highest BCUT2D eigenvalue weighted by molar-refractivity contribution is 5.90. The Balaban J connectivity index is 2.13. The Labute approximate surface area is 120 Å². The van der Waals surface area contributed by atoms with Gasteiger partial charge in [-0.1, -0.05) is 26.7 Å². The number of carboxylic acids is 1. The zero-order chi connectivity index (χ0) is 14.8. The second-order valence-electron chi connectivity index (χ2n) is 5.77. The van der Waals surface area contributed by atoms with Crippen LogP contribution in [0.2, 0.25) is 0 Å². The van der Waals surface area contributed by atoms with Gasteiger partial charge in [-0.15, -0.1) is 0 Å². The number of nitrogens with two attached hydrogens (primary N) is 1. The lowest BCUT2D eigenvalue weighted by Gasteiger charge is -2.42. The predicted octanol–water partition coefficient (Wildman–Crippen LogP) is 3.37. The molecule has 0 radical (unpaired) electrons. The number of carbonyl (C=O) groups is 1. The average Bonchev–Trinajstić information content (AvgIpc) is 2.47. The van der Waals surface area contributed by atoms with Crippen molar-refractivity contribution < 1.29 is 9.90 Å². The average molecular weight is 276 g/mol. The largest absolute Gasteiger partial charge is 0.478 e. The number of carboxylic acid groups (broad SMARTS) is 1. The van der Waals surface area contributed by atoms with Crippen LogP contribution < -0.4 is 10.6 Å².